The van der Waals surface area contributed by atoms with Gasteiger partial charge >= 0.3 is 6.09 Å². The quantitative estimate of drug-likeness (QED) is 0.869. The normalized spacial score (nSPS) is 9.86. The third-order valence-electron chi connectivity index (χ3n) is 1.55. The van der Waals surface area contributed by atoms with Gasteiger partial charge < -0.3 is 10.1 Å². The highest BCUT2D eigenvalue weighted by atomic mass is 35.5. The van der Waals surface area contributed by atoms with Crippen molar-refractivity contribution in [3.05, 3.63) is 21.3 Å². The lowest BCUT2D eigenvalue weighted by Crippen LogP contribution is -2.26. The van der Waals surface area contributed by atoms with Gasteiger partial charge in [-0.2, -0.15) is 0 Å². The van der Waals surface area contributed by atoms with E-state index in [-0.39, 0.29) is 6.09 Å². The number of alkyl carbamates (subject to hydrolysis) is 1. The van der Waals surface area contributed by atoms with Gasteiger partial charge in [-0.15, -0.1) is 11.3 Å². The molecule has 0 aliphatic rings. The SMILES string of the molecule is CCOC(=O)NCCc1ccc(Cl)s1. The second-order valence-electron chi connectivity index (χ2n) is 2.60. The van der Waals surface area contributed by atoms with Crippen molar-refractivity contribution in [1.82, 2.24) is 5.32 Å². The van der Waals surface area contributed by atoms with Crippen molar-refractivity contribution in [3.8, 4) is 0 Å². The number of rotatable bonds is 4. The molecular formula is C9H12ClNO2S. The first kappa shape index (κ1) is 11.3. The fraction of sp³-hybridized carbons (Fsp3) is 0.444. The van der Waals surface area contributed by atoms with E-state index in [0.29, 0.717) is 13.2 Å². The van der Waals surface area contributed by atoms with E-state index in [4.69, 9.17) is 16.3 Å². The zero-order chi connectivity index (χ0) is 10.4. The standard InChI is InChI=1S/C9H12ClNO2S/c1-2-13-9(12)11-6-5-7-3-4-8(10)14-7/h3-4H,2,5-6H2,1H3,(H,11,12). The maximum Gasteiger partial charge on any atom is 0.407 e. The number of amides is 1. The molecule has 78 valence electrons. The van der Waals surface area contributed by atoms with Crippen molar-refractivity contribution < 1.29 is 9.53 Å². The lowest BCUT2D eigenvalue weighted by Gasteiger charge is -2.03. The molecule has 0 saturated heterocycles. The molecular weight excluding hydrogens is 222 g/mol. The van der Waals surface area contributed by atoms with Crippen LogP contribution < -0.4 is 5.32 Å². The van der Waals surface area contributed by atoms with Crippen molar-refractivity contribution in [2.24, 2.45) is 0 Å². The Morgan fingerprint density at radius 2 is 2.43 bits per heavy atom. The Bertz CT molecular complexity index is 301. The van der Waals surface area contributed by atoms with Crippen LogP contribution in [0.5, 0.6) is 0 Å². The highest BCUT2D eigenvalue weighted by molar-refractivity contribution is 7.16. The molecule has 3 nitrogen and oxygen atoms in total. The Morgan fingerprint density at radius 1 is 1.64 bits per heavy atom. The topological polar surface area (TPSA) is 38.3 Å². The molecule has 0 aromatic carbocycles. The maximum atomic E-state index is 10.9. The molecule has 1 rings (SSSR count). The third kappa shape index (κ3) is 3.98. The molecule has 0 saturated carbocycles. The van der Waals surface area contributed by atoms with Gasteiger partial charge in [0.1, 0.15) is 0 Å². The summed E-state index contributed by atoms with van der Waals surface area (Å²) in [5.74, 6) is 0. The van der Waals surface area contributed by atoms with Crippen LogP contribution in [0.15, 0.2) is 12.1 Å². The highest BCUT2D eigenvalue weighted by Gasteiger charge is 2.01. The fourth-order valence-corrected chi connectivity index (χ4v) is 2.04. The van der Waals surface area contributed by atoms with Crippen LogP contribution in [0.1, 0.15) is 11.8 Å². The minimum Gasteiger partial charge on any atom is -0.450 e. The van der Waals surface area contributed by atoms with E-state index < -0.39 is 0 Å². The van der Waals surface area contributed by atoms with Gasteiger partial charge in [-0.1, -0.05) is 11.6 Å². The second-order valence-corrected chi connectivity index (χ2v) is 4.40. The first-order chi connectivity index (χ1) is 6.72. The Balaban J connectivity index is 2.18. The van der Waals surface area contributed by atoms with Crippen molar-refractivity contribution in [2.75, 3.05) is 13.2 Å². The Kier molecular flexibility index (Phi) is 4.76. The summed E-state index contributed by atoms with van der Waals surface area (Å²) < 4.78 is 5.49. The summed E-state index contributed by atoms with van der Waals surface area (Å²) >= 11 is 7.28. The van der Waals surface area contributed by atoms with Gasteiger partial charge in [0.15, 0.2) is 0 Å². The molecule has 1 amide bonds. The summed E-state index contributed by atoms with van der Waals surface area (Å²) in [6, 6.07) is 3.81. The summed E-state index contributed by atoms with van der Waals surface area (Å²) in [6.45, 7) is 2.75. The monoisotopic (exact) mass is 233 g/mol. The highest BCUT2D eigenvalue weighted by Crippen LogP contribution is 2.21. The molecule has 0 radical (unpaired) electrons. The fourth-order valence-electron chi connectivity index (χ4n) is 0.956. The third-order valence-corrected chi connectivity index (χ3v) is 2.84. The number of ether oxygens (including phenoxy) is 1. The number of thiophene rings is 1. The smallest absolute Gasteiger partial charge is 0.407 e. The van der Waals surface area contributed by atoms with E-state index in [9.17, 15) is 4.79 Å². The summed E-state index contributed by atoms with van der Waals surface area (Å²) in [6.07, 6.45) is 0.422. The van der Waals surface area contributed by atoms with E-state index in [2.05, 4.69) is 5.32 Å². The van der Waals surface area contributed by atoms with Crippen LogP contribution in [0.3, 0.4) is 0 Å². The molecule has 0 aliphatic carbocycles. The molecule has 0 aliphatic heterocycles. The van der Waals surface area contributed by atoms with Crippen LogP contribution in [0.4, 0.5) is 4.79 Å². The number of carbonyl (C=O) groups is 1. The number of hydrogen-bond donors (Lipinski definition) is 1. The van der Waals surface area contributed by atoms with Crippen LogP contribution in [-0.2, 0) is 11.2 Å². The molecule has 1 N–H and O–H groups in total. The molecule has 5 heteroatoms. The Hall–Kier alpha value is -0.740. The lowest BCUT2D eigenvalue weighted by atomic mass is 10.3. The van der Waals surface area contributed by atoms with Crippen LogP contribution in [0.2, 0.25) is 4.34 Å². The largest absolute Gasteiger partial charge is 0.450 e. The van der Waals surface area contributed by atoms with Gasteiger partial charge in [-0.25, -0.2) is 4.79 Å². The maximum absolute atomic E-state index is 10.9. The van der Waals surface area contributed by atoms with Gasteiger partial charge in [0.25, 0.3) is 0 Å². The van der Waals surface area contributed by atoms with E-state index in [1.54, 1.807) is 6.92 Å². The van der Waals surface area contributed by atoms with Gasteiger partial charge in [-0.05, 0) is 25.5 Å². The molecule has 1 aromatic heterocycles. The molecule has 0 bridgehead atoms. The lowest BCUT2D eigenvalue weighted by molar-refractivity contribution is 0.152. The van der Waals surface area contributed by atoms with E-state index in [0.717, 1.165) is 15.6 Å². The van der Waals surface area contributed by atoms with Crippen molar-refractivity contribution >= 4 is 29.0 Å². The summed E-state index contributed by atoms with van der Waals surface area (Å²) in [4.78, 5) is 12.0. The molecule has 1 aromatic rings. The summed E-state index contributed by atoms with van der Waals surface area (Å²) in [5, 5.41) is 2.64. The van der Waals surface area contributed by atoms with E-state index in [1.807, 2.05) is 12.1 Å². The number of nitrogens with one attached hydrogen (secondary N) is 1. The average molecular weight is 234 g/mol. The number of halogens is 1. The zero-order valence-corrected chi connectivity index (χ0v) is 9.45. The van der Waals surface area contributed by atoms with Crippen molar-refractivity contribution in [1.29, 1.82) is 0 Å². The van der Waals surface area contributed by atoms with Crippen LogP contribution in [-0.4, -0.2) is 19.2 Å². The zero-order valence-electron chi connectivity index (χ0n) is 7.88. The van der Waals surface area contributed by atoms with Crippen molar-refractivity contribution in [3.63, 3.8) is 0 Å². The molecule has 0 spiro atoms. The van der Waals surface area contributed by atoms with Gasteiger partial charge in [-0.3, -0.25) is 0 Å². The Labute approximate surface area is 92.0 Å². The number of hydrogen-bond acceptors (Lipinski definition) is 3. The van der Waals surface area contributed by atoms with E-state index >= 15 is 0 Å². The number of carbonyl (C=O) groups excluding carboxylic acids is 1. The van der Waals surface area contributed by atoms with E-state index in [1.165, 1.54) is 11.3 Å². The molecule has 0 unspecified atom stereocenters. The van der Waals surface area contributed by atoms with Gasteiger partial charge in [0, 0.05) is 11.4 Å². The van der Waals surface area contributed by atoms with Crippen LogP contribution in [0, 0.1) is 0 Å². The summed E-state index contributed by atoms with van der Waals surface area (Å²) in [5.41, 5.74) is 0. The minimum atomic E-state index is -0.366. The van der Waals surface area contributed by atoms with Crippen LogP contribution in [0.25, 0.3) is 0 Å². The second kappa shape index (κ2) is 5.88. The Morgan fingerprint density at radius 3 is 3.00 bits per heavy atom. The predicted molar refractivity (Wildman–Crippen MR) is 58.1 cm³/mol. The summed E-state index contributed by atoms with van der Waals surface area (Å²) in [7, 11) is 0. The molecule has 14 heavy (non-hydrogen) atoms. The molecule has 1 heterocycles. The minimum absolute atomic E-state index is 0.366. The molecule has 0 fully saturated rings. The van der Waals surface area contributed by atoms with Crippen molar-refractivity contribution in [2.45, 2.75) is 13.3 Å². The first-order valence-corrected chi connectivity index (χ1v) is 5.56. The predicted octanol–water partition coefficient (Wildman–Crippen LogP) is 2.69. The van der Waals surface area contributed by atoms with Crippen LogP contribution >= 0.6 is 22.9 Å². The molecule has 0 atom stereocenters. The van der Waals surface area contributed by atoms with Gasteiger partial charge in [0.05, 0.1) is 10.9 Å². The average Bonchev–Trinajstić information content (AvgIpc) is 2.52. The van der Waals surface area contributed by atoms with Gasteiger partial charge in [0.2, 0.25) is 0 Å². The first-order valence-electron chi connectivity index (χ1n) is 4.37.